The van der Waals surface area contributed by atoms with Crippen LogP contribution in [0.5, 0.6) is 0 Å². The van der Waals surface area contributed by atoms with Crippen LogP contribution in [-0.4, -0.2) is 59.0 Å². The van der Waals surface area contributed by atoms with Crippen LogP contribution >= 0.6 is 0 Å². The van der Waals surface area contributed by atoms with E-state index in [9.17, 15) is 9.59 Å². The maximum atomic E-state index is 10.6. The number of carboxylic acid groups (broad SMARTS) is 2. The van der Waals surface area contributed by atoms with Crippen LogP contribution < -0.4 is 16.8 Å². The molecule has 0 spiro atoms. The zero-order valence-electron chi connectivity index (χ0n) is 16.4. The average Bonchev–Trinajstić information content (AvgIpc) is 2.57. The minimum atomic E-state index is -1.23. The number of hydrogen-bond acceptors (Lipinski definition) is 6. The topological polar surface area (TPSA) is 142 Å². The zero-order chi connectivity index (χ0) is 20.0. The van der Waals surface area contributed by atoms with Crippen LogP contribution in [0.15, 0.2) is 0 Å². The van der Waals surface area contributed by atoms with Crippen LogP contribution in [0.4, 0.5) is 0 Å². The Morgan fingerprint density at radius 3 is 1.85 bits per heavy atom. The quantitative estimate of drug-likeness (QED) is 0.207. The van der Waals surface area contributed by atoms with Crippen molar-refractivity contribution in [1.29, 1.82) is 0 Å². The first-order valence-corrected chi connectivity index (χ1v) is 9.69. The lowest BCUT2D eigenvalue weighted by Crippen LogP contribution is -2.64. The summed E-state index contributed by atoms with van der Waals surface area (Å²) in [7, 11) is 0. The molecule has 0 amide bonds. The lowest BCUT2D eigenvalue weighted by molar-refractivity contribution is -0.154. The molecule has 154 valence electrons. The van der Waals surface area contributed by atoms with E-state index in [2.05, 4.69) is 17.1 Å². The largest absolute Gasteiger partial charge is 0.481 e. The highest BCUT2D eigenvalue weighted by Gasteiger charge is 2.24. The zero-order valence-corrected chi connectivity index (χ0v) is 16.4. The van der Waals surface area contributed by atoms with Gasteiger partial charge in [0.1, 0.15) is 5.79 Å². The third-order valence-corrected chi connectivity index (χ3v) is 4.49. The van der Waals surface area contributed by atoms with E-state index in [4.69, 9.17) is 21.7 Å². The number of aliphatic carboxylic acids is 2. The predicted octanol–water partition coefficient (Wildman–Crippen LogP) is 1.40. The molecule has 8 heteroatoms. The average molecular weight is 375 g/mol. The van der Waals surface area contributed by atoms with E-state index in [1.165, 1.54) is 25.7 Å². The molecule has 0 aliphatic carbocycles. The van der Waals surface area contributed by atoms with E-state index < -0.39 is 23.6 Å². The van der Waals surface area contributed by atoms with Gasteiger partial charge in [-0.05, 0) is 13.3 Å². The first-order valence-electron chi connectivity index (χ1n) is 9.69. The number of unbranched alkanes of at least 4 members (excludes halogenated alkanes) is 6. The van der Waals surface area contributed by atoms with Crippen LogP contribution in [0.1, 0.15) is 65.2 Å². The van der Waals surface area contributed by atoms with Crippen molar-refractivity contribution in [3.05, 3.63) is 0 Å². The highest BCUT2D eigenvalue weighted by atomic mass is 16.4. The Morgan fingerprint density at radius 2 is 1.46 bits per heavy atom. The number of carboxylic acids is 2. The highest BCUT2D eigenvalue weighted by molar-refractivity contribution is 5.92. The molecule has 0 radical (unpaired) electrons. The number of nitrogens with one attached hydrogen (secondary N) is 1. The van der Waals surface area contributed by atoms with Crippen molar-refractivity contribution < 1.29 is 19.8 Å². The Bertz CT molecular complexity index is 379. The summed E-state index contributed by atoms with van der Waals surface area (Å²) in [5.74, 6) is -4.31. The van der Waals surface area contributed by atoms with Crippen molar-refractivity contribution in [2.45, 2.75) is 71.0 Å². The maximum Gasteiger partial charge on any atom is 0.317 e. The second-order valence-corrected chi connectivity index (χ2v) is 7.10. The van der Waals surface area contributed by atoms with Gasteiger partial charge in [0.2, 0.25) is 0 Å². The van der Waals surface area contributed by atoms with E-state index in [1.54, 1.807) is 0 Å². The minimum Gasteiger partial charge on any atom is -0.481 e. The van der Waals surface area contributed by atoms with Crippen LogP contribution in [0.25, 0.3) is 0 Å². The van der Waals surface area contributed by atoms with E-state index in [1.807, 2.05) is 6.92 Å². The molecule has 1 aliphatic heterocycles. The van der Waals surface area contributed by atoms with Gasteiger partial charge in [-0.15, -0.1) is 0 Å². The molecule has 0 aromatic carbocycles. The third-order valence-electron chi connectivity index (χ3n) is 4.49. The molecule has 0 atom stereocenters. The predicted molar refractivity (Wildman–Crippen MR) is 103 cm³/mol. The molecule has 1 fully saturated rings. The summed E-state index contributed by atoms with van der Waals surface area (Å²) in [6.07, 6.45) is 7.78. The molecule has 1 heterocycles. The van der Waals surface area contributed by atoms with Crippen molar-refractivity contribution in [3.8, 4) is 0 Å². The van der Waals surface area contributed by atoms with E-state index >= 15 is 0 Å². The number of nitrogens with two attached hydrogens (primary N) is 2. The molecule has 7 N–H and O–H groups in total. The first kappa shape index (κ1) is 24.8. The molecule has 0 aromatic heterocycles. The van der Waals surface area contributed by atoms with Crippen molar-refractivity contribution in [2.24, 2.45) is 17.4 Å². The van der Waals surface area contributed by atoms with Crippen molar-refractivity contribution in [1.82, 2.24) is 10.2 Å². The molecule has 0 bridgehead atoms. The fourth-order valence-corrected chi connectivity index (χ4v) is 2.80. The van der Waals surface area contributed by atoms with E-state index in [-0.39, 0.29) is 6.42 Å². The summed E-state index contributed by atoms with van der Waals surface area (Å²) < 4.78 is 0. The van der Waals surface area contributed by atoms with E-state index in [0.717, 1.165) is 39.0 Å². The Kier molecular flexibility index (Phi) is 13.3. The van der Waals surface area contributed by atoms with Gasteiger partial charge in [0.05, 0.1) is 0 Å². The van der Waals surface area contributed by atoms with Crippen LogP contribution in [-0.2, 0) is 9.59 Å². The fourth-order valence-electron chi connectivity index (χ4n) is 2.80. The second-order valence-electron chi connectivity index (χ2n) is 7.10. The Balaban J connectivity index is 0.000000531. The number of rotatable bonds is 11. The summed E-state index contributed by atoms with van der Waals surface area (Å²) in [6, 6.07) is 0. The monoisotopic (exact) mass is 374 g/mol. The molecule has 26 heavy (non-hydrogen) atoms. The lowest BCUT2D eigenvalue weighted by Gasteiger charge is -2.37. The maximum absolute atomic E-state index is 10.6. The van der Waals surface area contributed by atoms with Gasteiger partial charge in [-0.2, -0.15) is 0 Å². The minimum absolute atomic E-state index is 0.248. The van der Waals surface area contributed by atoms with Gasteiger partial charge in [0, 0.05) is 26.2 Å². The standard InChI is InChI=1S/C12H22O4.C6H16N4/c1-2-3-4-5-6-7-8-9-10(11(13)14)12(15)16;1-6(7,8)10-4-2-9-3-5-10/h10H,2-9H2,1H3,(H,13,14)(H,15,16);9H,2-5,7-8H2,1H3. The Morgan fingerprint density at radius 1 is 1.00 bits per heavy atom. The van der Waals surface area contributed by atoms with Crippen LogP contribution in [0, 0.1) is 5.92 Å². The van der Waals surface area contributed by atoms with Gasteiger partial charge < -0.3 is 27.0 Å². The molecule has 8 nitrogen and oxygen atoms in total. The van der Waals surface area contributed by atoms with Gasteiger partial charge in [-0.25, -0.2) is 0 Å². The van der Waals surface area contributed by atoms with Crippen molar-refractivity contribution in [2.75, 3.05) is 26.2 Å². The Hall–Kier alpha value is -1.22. The van der Waals surface area contributed by atoms with Gasteiger partial charge in [0.15, 0.2) is 5.92 Å². The highest BCUT2D eigenvalue weighted by Crippen LogP contribution is 2.13. The molecule has 0 aromatic rings. The molecular weight excluding hydrogens is 336 g/mol. The summed E-state index contributed by atoms with van der Waals surface area (Å²) in [5, 5.41) is 20.5. The van der Waals surface area contributed by atoms with Crippen LogP contribution in [0.2, 0.25) is 0 Å². The van der Waals surface area contributed by atoms with E-state index in [0.29, 0.717) is 6.42 Å². The number of nitrogens with zero attached hydrogens (tertiary/aromatic N) is 1. The molecular formula is C18H38N4O4. The fraction of sp³-hybridized carbons (Fsp3) is 0.889. The van der Waals surface area contributed by atoms with Crippen molar-refractivity contribution in [3.63, 3.8) is 0 Å². The smallest absolute Gasteiger partial charge is 0.317 e. The van der Waals surface area contributed by atoms with Gasteiger partial charge in [0.25, 0.3) is 0 Å². The summed E-state index contributed by atoms with van der Waals surface area (Å²) >= 11 is 0. The SMILES string of the molecule is CC(N)(N)N1CCNCC1.CCCCCCCCCC(C(=O)O)C(=O)O. The van der Waals surface area contributed by atoms with Gasteiger partial charge in [-0.3, -0.25) is 14.5 Å². The number of carbonyl (C=O) groups is 2. The molecule has 1 rings (SSSR count). The molecule has 1 saturated heterocycles. The molecule has 0 saturated carbocycles. The summed E-state index contributed by atoms with van der Waals surface area (Å²) in [4.78, 5) is 23.2. The summed E-state index contributed by atoms with van der Waals surface area (Å²) in [6.45, 7) is 7.86. The van der Waals surface area contributed by atoms with Crippen molar-refractivity contribution >= 4 is 11.9 Å². The Labute approximate surface area is 157 Å². The van der Waals surface area contributed by atoms with Crippen LogP contribution in [0.3, 0.4) is 0 Å². The third kappa shape index (κ3) is 12.2. The van der Waals surface area contributed by atoms with Gasteiger partial charge in [-0.1, -0.05) is 51.9 Å². The second kappa shape index (κ2) is 13.9. The normalized spacial score (nSPS) is 15.4. The molecule has 1 aliphatic rings. The lowest BCUT2D eigenvalue weighted by atomic mass is 10.0. The number of hydrogen-bond donors (Lipinski definition) is 5. The molecule has 0 unspecified atom stereocenters. The van der Waals surface area contributed by atoms with Gasteiger partial charge >= 0.3 is 11.9 Å². The number of piperazine rings is 1. The first-order chi connectivity index (χ1) is 12.2. The summed E-state index contributed by atoms with van der Waals surface area (Å²) in [5.41, 5.74) is 11.4.